The Hall–Kier alpha value is -1.62. The molecule has 0 saturated heterocycles. The Kier molecular flexibility index (Phi) is 4.34. The number of hydrogen-bond donors (Lipinski definition) is 1. The number of halogens is 2. The second-order valence-corrected chi connectivity index (χ2v) is 6.22. The minimum Gasteiger partial charge on any atom is -0.293 e. The van der Waals surface area contributed by atoms with Gasteiger partial charge in [0.15, 0.2) is 10.6 Å². The average Bonchev–Trinajstić information content (AvgIpc) is 2.89. The van der Waals surface area contributed by atoms with Gasteiger partial charge in [0.2, 0.25) is 0 Å². The van der Waals surface area contributed by atoms with Gasteiger partial charge in [-0.1, -0.05) is 47.5 Å². The van der Waals surface area contributed by atoms with Gasteiger partial charge < -0.3 is 0 Å². The molecule has 1 heterocycles. The number of benzene rings is 2. The smallest absolute Gasteiger partial charge is 0.196 e. The van der Waals surface area contributed by atoms with Crippen molar-refractivity contribution in [2.24, 2.45) is 0 Å². The van der Waals surface area contributed by atoms with E-state index < -0.39 is 0 Å². The summed E-state index contributed by atoms with van der Waals surface area (Å²) < 4.78 is 2.54. The molecule has 0 bridgehead atoms. The third kappa shape index (κ3) is 2.95. The first kappa shape index (κ1) is 15.3. The number of hydrogen-bond acceptors (Lipinski definition) is 2. The first-order valence-electron chi connectivity index (χ1n) is 6.74. The van der Waals surface area contributed by atoms with Gasteiger partial charge in [0.05, 0.1) is 6.04 Å². The summed E-state index contributed by atoms with van der Waals surface area (Å²) in [6.45, 7) is 2.07. The number of H-pyrrole nitrogens is 1. The molecule has 1 N–H and O–H groups in total. The van der Waals surface area contributed by atoms with Gasteiger partial charge in [-0.15, -0.1) is 0 Å². The van der Waals surface area contributed by atoms with Gasteiger partial charge in [0.25, 0.3) is 0 Å². The van der Waals surface area contributed by atoms with Crippen LogP contribution in [0.4, 0.5) is 0 Å². The highest BCUT2D eigenvalue weighted by atomic mass is 35.5. The van der Waals surface area contributed by atoms with Gasteiger partial charge in [-0.3, -0.25) is 9.67 Å². The molecule has 0 aliphatic carbocycles. The Balaban J connectivity index is 2.09. The normalized spacial score (nSPS) is 12.3. The van der Waals surface area contributed by atoms with E-state index in [1.165, 1.54) is 0 Å². The molecule has 1 aromatic heterocycles. The zero-order valence-electron chi connectivity index (χ0n) is 11.8. The highest BCUT2D eigenvalue weighted by Gasteiger charge is 2.16. The summed E-state index contributed by atoms with van der Waals surface area (Å²) in [4.78, 5) is 0. The van der Waals surface area contributed by atoms with Crippen molar-refractivity contribution in [1.82, 2.24) is 14.8 Å². The van der Waals surface area contributed by atoms with E-state index in [0.717, 1.165) is 17.0 Å². The standard InChI is InChI=1S/C16H13Cl2N3S/c1-10(11-5-7-13(17)8-6-11)21-15(19-20-16(21)22)12-3-2-4-14(18)9-12/h2-10H,1H3,(H,20,22). The van der Waals surface area contributed by atoms with Crippen LogP contribution in [-0.4, -0.2) is 14.8 Å². The van der Waals surface area contributed by atoms with Gasteiger partial charge in [0.1, 0.15) is 0 Å². The fourth-order valence-corrected chi connectivity index (χ4v) is 2.99. The van der Waals surface area contributed by atoms with Crippen LogP contribution >= 0.6 is 35.4 Å². The summed E-state index contributed by atoms with van der Waals surface area (Å²) >= 11 is 17.4. The van der Waals surface area contributed by atoms with Crippen LogP contribution in [-0.2, 0) is 0 Å². The van der Waals surface area contributed by atoms with Crippen molar-refractivity contribution in [2.75, 3.05) is 0 Å². The molecule has 0 radical (unpaired) electrons. The molecule has 0 aliphatic rings. The van der Waals surface area contributed by atoms with Gasteiger partial charge >= 0.3 is 0 Å². The molecular formula is C16H13Cl2N3S. The minimum atomic E-state index is 0.0255. The van der Waals surface area contributed by atoms with Crippen LogP contribution in [0.3, 0.4) is 0 Å². The lowest BCUT2D eigenvalue weighted by atomic mass is 10.1. The van der Waals surface area contributed by atoms with E-state index in [4.69, 9.17) is 35.4 Å². The Labute approximate surface area is 143 Å². The molecular weight excluding hydrogens is 337 g/mol. The van der Waals surface area contributed by atoms with Crippen LogP contribution in [0.25, 0.3) is 11.4 Å². The predicted molar refractivity (Wildman–Crippen MR) is 93.1 cm³/mol. The van der Waals surface area contributed by atoms with Crippen LogP contribution in [0.1, 0.15) is 18.5 Å². The number of aromatic nitrogens is 3. The summed E-state index contributed by atoms with van der Waals surface area (Å²) in [5, 5.41) is 8.59. The topological polar surface area (TPSA) is 33.6 Å². The molecule has 0 amide bonds. The third-order valence-corrected chi connectivity index (χ3v) is 4.30. The van der Waals surface area contributed by atoms with E-state index >= 15 is 0 Å². The number of nitrogens with one attached hydrogen (secondary N) is 1. The summed E-state index contributed by atoms with van der Waals surface area (Å²) in [6.07, 6.45) is 0. The average molecular weight is 350 g/mol. The molecule has 112 valence electrons. The maximum absolute atomic E-state index is 6.08. The van der Waals surface area contributed by atoms with E-state index in [-0.39, 0.29) is 6.04 Å². The molecule has 3 rings (SSSR count). The van der Waals surface area contributed by atoms with E-state index in [1.54, 1.807) is 0 Å². The van der Waals surface area contributed by atoms with Gasteiger partial charge in [-0.05, 0) is 49.0 Å². The Bertz CT molecular complexity index is 852. The van der Waals surface area contributed by atoms with E-state index in [1.807, 2.05) is 53.1 Å². The van der Waals surface area contributed by atoms with Crippen molar-refractivity contribution < 1.29 is 0 Å². The molecule has 1 atom stereocenters. The summed E-state index contributed by atoms with van der Waals surface area (Å²) in [7, 11) is 0. The van der Waals surface area contributed by atoms with E-state index in [2.05, 4.69) is 17.1 Å². The fraction of sp³-hybridized carbons (Fsp3) is 0.125. The minimum absolute atomic E-state index is 0.0255. The molecule has 0 saturated carbocycles. The molecule has 0 aliphatic heterocycles. The quantitative estimate of drug-likeness (QED) is 0.631. The summed E-state index contributed by atoms with van der Waals surface area (Å²) in [6, 6.07) is 15.3. The highest BCUT2D eigenvalue weighted by Crippen LogP contribution is 2.27. The SMILES string of the molecule is CC(c1ccc(Cl)cc1)n1c(-c2cccc(Cl)c2)n[nH]c1=S. The maximum atomic E-state index is 6.08. The highest BCUT2D eigenvalue weighted by molar-refractivity contribution is 7.71. The second-order valence-electron chi connectivity index (χ2n) is 4.96. The zero-order valence-corrected chi connectivity index (χ0v) is 14.1. The van der Waals surface area contributed by atoms with Crippen LogP contribution in [0, 0.1) is 4.77 Å². The van der Waals surface area contributed by atoms with E-state index in [0.29, 0.717) is 14.8 Å². The van der Waals surface area contributed by atoms with Crippen LogP contribution in [0.15, 0.2) is 48.5 Å². The van der Waals surface area contributed by atoms with Crippen LogP contribution in [0.2, 0.25) is 10.0 Å². The maximum Gasteiger partial charge on any atom is 0.196 e. The van der Waals surface area contributed by atoms with E-state index in [9.17, 15) is 0 Å². The monoisotopic (exact) mass is 349 g/mol. The number of nitrogens with zero attached hydrogens (tertiary/aromatic N) is 2. The van der Waals surface area contributed by atoms with Crippen molar-refractivity contribution in [3.8, 4) is 11.4 Å². The molecule has 0 spiro atoms. The van der Waals surface area contributed by atoms with Crippen molar-refractivity contribution in [2.45, 2.75) is 13.0 Å². The van der Waals surface area contributed by atoms with Crippen LogP contribution < -0.4 is 0 Å². The summed E-state index contributed by atoms with van der Waals surface area (Å²) in [5.41, 5.74) is 2.02. The first-order chi connectivity index (χ1) is 10.6. The zero-order chi connectivity index (χ0) is 15.7. The van der Waals surface area contributed by atoms with Crippen LogP contribution in [0.5, 0.6) is 0 Å². The van der Waals surface area contributed by atoms with Gasteiger partial charge in [-0.2, -0.15) is 5.10 Å². The Morgan fingerprint density at radius 3 is 2.50 bits per heavy atom. The number of rotatable bonds is 3. The lowest BCUT2D eigenvalue weighted by Gasteiger charge is -2.16. The largest absolute Gasteiger partial charge is 0.293 e. The molecule has 3 nitrogen and oxygen atoms in total. The third-order valence-electron chi connectivity index (χ3n) is 3.53. The van der Waals surface area contributed by atoms with Gasteiger partial charge in [0, 0.05) is 15.6 Å². The van der Waals surface area contributed by atoms with Crippen molar-refractivity contribution in [1.29, 1.82) is 0 Å². The Morgan fingerprint density at radius 1 is 1.09 bits per heavy atom. The first-order valence-corrected chi connectivity index (χ1v) is 7.91. The lowest BCUT2D eigenvalue weighted by molar-refractivity contribution is 0.635. The van der Waals surface area contributed by atoms with Gasteiger partial charge in [-0.25, -0.2) is 0 Å². The molecule has 1 unspecified atom stereocenters. The molecule has 2 aromatic carbocycles. The fourth-order valence-electron chi connectivity index (χ4n) is 2.39. The lowest BCUT2D eigenvalue weighted by Crippen LogP contribution is -2.08. The Morgan fingerprint density at radius 2 is 1.82 bits per heavy atom. The van der Waals surface area contributed by atoms with Crippen molar-refractivity contribution >= 4 is 35.4 Å². The second kappa shape index (κ2) is 6.24. The molecule has 3 aromatic rings. The van der Waals surface area contributed by atoms with Crippen molar-refractivity contribution in [3.05, 3.63) is 68.9 Å². The summed E-state index contributed by atoms with van der Waals surface area (Å²) in [5.74, 6) is 0.759. The van der Waals surface area contributed by atoms with Crippen molar-refractivity contribution in [3.63, 3.8) is 0 Å². The number of aromatic amines is 1. The molecule has 22 heavy (non-hydrogen) atoms. The molecule has 0 fully saturated rings. The molecule has 6 heteroatoms. The predicted octanol–water partition coefficient (Wildman–Crippen LogP) is 5.52.